The molecule has 1 aromatic heterocycles. The summed E-state index contributed by atoms with van der Waals surface area (Å²) in [5.74, 6) is -0.689. The molecule has 2 N–H and O–H groups in total. The van der Waals surface area contributed by atoms with Gasteiger partial charge in [0.05, 0.1) is 12.0 Å². The van der Waals surface area contributed by atoms with Crippen LogP contribution in [0.15, 0.2) is 34.9 Å². The van der Waals surface area contributed by atoms with E-state index >= 15 is 0 Å². The van der Waals surface area contributed by atoms with Crippen LogP contribution < -0.4 is 4.90 Å². The molecule has 1 heterocycles. The van der Waals surface area contributed by atoms with E-state index in [2.05, 4.69) is 5.16 Å². The maximum absolute atomic E-state index is 10.8. The third kappa shape index (κ3) is 4.08. The average molecular weight is 304 g/mol. The summed E-state index contributed by atoms with van der Waals surface area (Å²) < 4.78 is 5.02. The number of aromatic nitrogens is 1. The predicted octanol–water partition coefficient (Wildman–Crippen LogP) is 2.16. The molecular weight excluding hydrogens is 288 g/mol. The number of aromatic carboxylic acids is 1. The Kier molecular flexibility index (Phi) is 4.77. The molecule has 7 heteroatoms. The van der Waals surface area contributed by atoms with Crippen molar-refractivity contribution in [1.29, 1.82) is 0 Å². The number of anilines is 1. The first kappa shape index (κ1) is 15.6. The van der Waals surface area contributed by atoms with Crippen LogP contribution in [-0.4, -0.2) is 33.9 Å². The molecule has 0 radical (unpaired) electrons. The second-order valence-corrected chi connectivity index (χ2v) is 4.86. The summed E-state index contributed by atoms with van der Waals surface area (Å²) in [4.78, 5) is 23.4. The molecule has 0 aliphatic heterocycles. The van der Waals surface area contributed by atoms with Gasteiger partial charge in [-0.05, 0) is 24.6 Å². The van der Waals surface area contributed by atoms with E-state index in [4.69, 9.17) is 14.7 Å². The number of carboxylic acids is 2. The number of nitrogens with zero attached hydrogens (tertiary/aromatic N) is 2. The van der Waals surface area contributed by atoms with Crippen molar-refractivity contribution in [3.63, 3.8) is 0 Å². The molecule has 0 saturated carbocycles. The standard InChI is InChI=1S/C15H16N2O5/c1-10-8-13(16-22-10)17(7-6-14(18)19)9-11-2-4-12(5-3-11)15(20)21/h2-5,8H,6-7,9H2,1H3,(H,18,19)(H,20,21). The fraction of sp³-hybridized carbons (Fsp3) is 0.267. The fourth-order valence-corrected chi connectivity index (χ4v) is 1.98. The summed E-state index contributed by atoms with van der Waals surface area (Å²) in [5, 5.41) is 21.6. The second-order valence-electron chi connectivity index (χ2n) is 4.86. The number of hydrogen-bond donors (Lipinski definition) is 2. The van der Waals surface area contributed by atoms with Crippen molar-refractivity contribution in [2.75, 3.05) is 11.4 Å². The van der Waals surface area contributed by atoms with E-state index in [1.54, 1.807) is 30.0 Å². The molecule has 0 unspecified atom stereocenters. The van der Waals surface area contributed by atoms with Crippen molar-refractivity contribution in [3.8, 4) is 0 Å². The van der Waals surface area contributed by atoms with Crippen LogP contribution >= 0.6 is 0 Å². The molecule has 2 rings (SSSR count). The smallest absolute Gasteiger partial charge is 0.335 e. The first-order valence-electron chi connectivity index (χ1n) is 6.68. The molecule has 0 saturated heterocycles. The Labute approximate surface area is 126 Å². The van der Waals surface area contributed by atoms with Gasteiger partial charge in [0.1, 0.15) is 5.76 Å². The Bertz CT molecular complexity index is 663. The highest BCUT2D eigenvalue weighted by Crippen LogP contribution is 2.18. The lowest BCUT2D eigenvalue weighted by Gasteiger charge is -2.21. The van der Waals surface area contributed by atoms with Gasteiger partial charge < -0.3 is 19.6 Å². The number of rotatable bonds is 7. The summed E-state index contributed by atoms with van der Waals surface area (Å²) >= 11 is 0. The highest BCUT2D eigenvalue weighted by Gasteiger charge is 2.14. The zero-order valence-corrected chi connectivity index (χ0v) is 12.0. The average Bonchev–Trinajstić information content (AvgIpc) is 2.90. The van der Waals surface area contributed by atoms with Crippen LogP contribution in [0.2, 0.25) is 0 Å². The molecule has 0 spiro atoms. The molecule has 0 aliphatic carbocycles. The monoisotopic (exact) mass is 304 g/mol. The van der Waals surface area contributed by atoms with E-state index < -0.39 is 11.9 Å². The van der Waals surface area contributed by atoms with Gasteiger partial charge >= 0.3 is 11.9 Å². The molecule has 116 valence electrons. The zero-order chi connectivity index (χ0) is 16.1. The van der Waals surface area contributed by atoms with Gasteiger partial charge in [0, 0.05) is 19.2 Å². The van der Waals surface area contributed by atoms with Crippen molar-refractivity contribution >= 4 is 17.8 Å². The molecule has 22 heavy (non-hydrogen) atoms. The van der Waals surface area contributed by atoms with E-state index in [9.17, 15) is 9.59 Å². The van der Waals surface area contributed by atoms with Crippen LogP contribution in [0.25, 0.3) is 0 Å². The maximum Gasteiger partial charge on any atom is 0.335 e. The van der Waals surface area contributed by atoms with Gasteiger partial charge in [-0.3, -0.25) is 4.79 Å². The minimum Gasteiger partial charge on any atom is -0.481 e. The van der Waals surface area contributed by atoms with E-state index in [-0.39, 0.29) is 18.5 Å². The quantitative estimate of drug-likeness (QED) is 0.807. The lowest BCUT2D eigenvalue weighted by Crippen LogP contribution is -2.26. The zero-order valence-electron chi connectivity index (χ0n) is 12.0. The predicted molar refractivity (Wildman–Crippen MR) is 77.9 cm³/mol. The van der Waals surface area contributed by atoms with Crippen molar-refractivity contribution in [3.05, 3.63) is 47.2 Å². The Morgan fingerprint density at radius 1 is 1.23 bits per heavy atom. The van der Waals surface area contributed by atoms with E-state index in [0.717, 1.165) is 5.56 Å². The fourth-order valence-electron chi connectivity index (χ4n) is 1.98. The van der Waals surface area contributed by atoms with Gasteiger partial charge in [-0.1, -0.05) is 17.3 Å². The minimum absolute atomic E-state index is 0.0287. The first-order chi connectivity index (χ1) is 10.5. The lowest BCUT2D eigenvalue weighted by molar-refractivity contribution is -0.136. The van der Waals surface area contributed by atoms with Gasteiger partial charge in [-0.25, -0.2) is 4.79 Å². The first-order valence-corrected chi connectivity index (χ1v) is 6.68. The van der Waals surface area contributed by atoms with E-state index in [1.807, 2.05) is 0 Å². The van der Waals surface area contributed by atoms with Gasteiger partial charge in [0.25, 0.3) is 0 Å². The largest absolute Gasteiger partial charge is 0.481 e. The van der Waals surface area contributed by atoms with Crippen LogP contribution in [0.5, 0.6) is 0 Å². The van der Waals surface area contributed by atoms with E-state index in [1.165, 1.54) is 12.1 Å². The third-order valence-electron chi connectivity index (χ3n) is 3.11. The van der Waals surface area contributed by atoms with Gasteiger partial charge in [0.2, 0.25) is 0 Å². The molecule has 0 bridgehead atoms. The number of aliphatic carboxylic acids is 1. The molecule has 0 amide bonds. The lowest BCUT2D eigenvalue weighted by atomic mass is 10.1. The van der Waals surface area contributed by atoms with Crippen molar-refractivity contribution in [1.82, 2.24) is 5.16 Å². The highest BCUT2D eigenvalue weighted by atomic mass is 16.5. The van der Waals surface area contributed by atoms with Crippen molar-refractivity contribution < 1.29 is 24.3 Å². The van der Waals surface area contributed by atoms with Crippen LogP contribution in [0.3, 0.4) is 0 Å². The van der Waals surface area contributed by atoms with Crippen LogP contribution in [0, 0.1) is 6.92 Å². The Morgan fingerprint density at radius 2 is 1.91 bits per heavy atom. The molecular formula is C15H16N2O5. The Hall–Kier alpha value is -2.83. The Morgan fingerprint density at radius 3 is 2.41 bits per heavy atom. The second kappa shape index (κ2) is 6.75. The molecule has 0 fully saturated rings. The van der Waals surface area contributed by atoms with Crippen molar-refractivity contribution in [2.45, 2.75) is 19.9 Å². The minimum atomic E-state index is -0.985. The number of aryl methyl sites for hydroxylation is 1. The topological polar surface area (TPSA) is 104 Å². The Balaban J connectivity index is 2.14. The van der Waals surface area contributed by atoms with Gasteiger partial charge in [0.15, 0.2) is 5.82 Å². The summed E-state index contributed by atoms with van der Waals surface area (Å²) in [7, 11) is 0. The van der Waals surface area contributed by atoms with Gasteiger partial charge in [-0.2, -0.15) is 0 Å². The third-order valence-corrected chi connectivity index (χ3v) is 3.11. The van der Waals surface area contributed by atoms with Crippen LogP contribution in [-0.2, 0) is 11.3 Å². The highest BCUT2D eigenvalue weighted by molar-refractivity contribution is 5.87. The van der Waals surface area contributed by atoms with Crippen LogP contribution in [0.1, 0.15) is 28.1 Å². The molecule has 1 aromatic carbocycles. The number of benzene rings is 1. The number of hydrogen-bond acceptors (Lipinski definition) is 5. The summed E-state index contributed by atoms with van der Waals surface area (Å²) in [6.07, 6.45) is -0.0287. The molecule has 2 aromatic rings. The SMILES string of the molecule is Cc1cc(N(CCC(=O)O)Cc2ccc(C(=O)O)cc2)no1. The van der Waals surface area contributed by atoms with Gasteiger partial charge in [-0.15, -0.1) is 0 Å². The number of carbonyl (C=O) groups is 2. The molecule has 0 aliphatic rings. The molecule has 7 nitrogen and oxygen atoms in total. The summed E-state index contributed by atoms with van der Waals surface area (Å²) in [5.41, 5.74) is 1.06. The molecule has 0 atom stereocenters. The van der Waals surface area contributed by atoms with E-state index in [0.29, 0.717) is 18.1 Å². The summed E-state index contributed by atoms with van der Waals surface area (Å²) in [6, 6.07) is 8.16. The number of carboxylic acid groups (broad SMARTS) is 2. The summed E-state index contributed by atoms with van der Waals surface area (Å²) in [6.45, 7) is 2.45. The normalized spacial score (nSPS) is 10.4. The maximum atomic E-state index is 10.8. The van der Waals surface area contributed by atoms with Crippen molar-refractivity contribution in [2.24, 2.45) is 0 Å². The van der Waals surface area contributed by atoms with Crippen LogP contribution in [0.4, 0.5) is 5.82 Å².